The first kappa shape index (κ1) is 19.1. The Labute approximate surface area is 172 Å². The minimum atomic E-state index is -0.590. The number of nitrogens with zero attached hydrogens (tertiary/aromatic N) is 1. The van der Waals surface area contributed by atoms with Gasteiger partial charge in [-0.1, -0.05) is 42.5 Å². The zero-order valence-corrected chi connectivity index (χ0v) is 17.2. The van der Waals surface area contributed by atoms with Crippen LogP contribution in [0.1, 0.15) is 11.5 Å². The lowest BCUT2D eigenvalue weighted by molar-refractivity contribution is 0.354. The highest BCUT2D eigenvalue weighted by molar-refractivity contribution is 8.07. The van der Waals surface area contributed by atoms with Crippen molar-refractivity contribution in [3.8, 4) is 17.6 Å². The summed E-state index contributed by atoms with van der Waals surface area (Å²) in [4.78, 5) is 14.1. The highest BCUT2D eigenvalue weighted by atomic mass is 32.2. The average molecular weight is 401 g/mol. The number of rotatable bonds is 5. The van der Waals surface area contributed by atoms with Crippen molar-refractivity contribution in [2.75, 3.05) is 20.5 Å². The van der Waals surface area contributed by atoms with Crippen LogP contribution in [0.5, 0.6) is 11.5 Å². The molecule has 0 aliphatic heterocycles. The van der Waals surface area contributed by atoms with Gasteiger partial charge in [-0.15, -0.1) is 11.8 Å². The molecule has 0 radical (unpaired) electrons. The van der Waals surface area contributed by atoms with Gasteiger partial charge in [-0.2, -0.15) is 5.26 Å². The van der Waals surface area contributed by atoms with Crippen molar-refractivity contribution in [2.24, 2.45) is 0 Å². The Balaban J connectivity index is 2.06. The van der Waals surface area contributed by atoms with Gasteiger partial charge >= 0.3 is 0 Å². The molecule has 0 aromatic heterocycles. The second-order valence-electron chi connectivity index (χ2n) is 6.66. The van der Waals surface area contributed by atoms with E-state index in [1.165, 1.54) is 11.8 Å². The summed E-state index contributed by atoms with van der Waals surface area (Å²) in [5.41, 5.74) is 0.736. The fraction of sp³-hybridized carbons (Fsp3) is 0.167. The van der Waals surface area contributed by atoms with Gasteiger partial charge in [-0.25, -0.2) is 0 Å². The average Bonchev–Trinajstić information content (AvgIpc) is 3.05. The van der Waals surface area contributed by atoms with Crippen molar-refractivity contribution in [2.45, 2.75) is 5.92 Å². The van der Waals surface area contributed by atoms with Gasteiger partial charge in [-0.3, -0.25) is 4.79 Å². The molecule has 1 atom stereocenters. The molecule has 0 spiro atoms. The molecule has 1 unspecified atom stereocenters. The van der Waals surface area contributed by atoms with Gasteiger partial charge in [0.2, 0.25) is 0 Å². The Hall–Kier alpha value is -3.23. The van der Waals surface area contributed by atoms with Crippen molar-refractivity contribution in [3.63, 3.8) is 0 Å². The SMILES string of the molecule is COc1ccc(C(C#N)/C(SC)=c2\c(=O)c3cccc4cccc2c43)cc1OC. The number of thioether (sulfide) groups is 1. The number of hydrogen-bond acceptors (Lipinski definition) is 5. The maximum Gasteiger partial charge on any atom is 0.195 e. The largest absolute Gasteiger partial charge is 0.493 e. The van der Waals surface area contributed by atoms with Crippen LogP contribution < -0.4 is 20.1 Å². The first-order valence-corrected chi connectivity index (χ1v) is 10.3. The molecule has 0 saturated heterocycles. The van der Waals surface area contributed by atoms with Crippen LogP contribution in [0.2, 0.25) is 0 Å². The van der Waals surface area contributed by atoms with Gasteiger partial charge in [-0.05, 0) is 34.7 Å². The summed E-state index contributed by atoms with van der Waals surface area (Å²) in [5.74, 6) is 0.563. The van der Waals surface area contributed by atoms with Crippen LogP contribution in [0, 0.1) is 11.3 Å². The van der Waals surface area contributed by atoms with E-state index in [0.29, 0.717) is 22.1 Å². The number of ether oxygens (including phenoxy) is 2. The van der Waals surface area contributed by atoms with Gasteiger partial charge < -0.3 is 9.47 Å². The van der Waals surface area contributed by atoms with E-state index in [4.69, 9.17) is 9.47 Å². The Morgan fingerprint density at radius 1 is 1.00 bits per heavy atom. The molecular weight excluding hydrogens is 382 g/mol. The number of benzene rings is 3. The molecule has 0 N–H and O–H groups in total. The van der Waals surface area contributed by atoms with Crippen LogP contribution in [0.3, 0.4) is 0 Å². The summed E-state index contributed by atoms with van der Waals surface area (Å²) in [5, 5.41) is 14.3. The third kappa shape index (κ3) is 2.97. The molecule has 0 aliphatic rings. The Morgan fingerprint density at radius 2 is 1.69 bits per heavy atom. The third-order valence-corrected chi connectivity index (χ3v) is 6.12. The predicted molar refractivity (Wildman–Crippen MR) is 119 cm³/mol. The lowest BCUT2D eigenvalue weighted by Gasteiger charge is -2.15. The lowest BCUT2D eigenvalue weighted by atomic mass is 9.98. The standard InChI is InChI=1S/C24H19NO3S/c1-27-19-11-10-15(12-20(19)28-2)18(13-25)24(29-3)22-16-8-4-6-14-7-5-9-17(21(14)16)23(22)26/h4-12,18H,1-3H3/b24-22+. The molecule has 4 rings (SSSR count). The van der Waals surface area contributed by atoms with Crippen LogP contribution in [-0.4, -0.2) is 20.5 Å². The summed E-state index contributed by atoms with van der Waals surface area (Å²) in [6, 6.07) is 19.5. The Kier molecular flexibility index (Phi) is 5.04. The van der Waals surface area contributed by atoms with E-state index in [9.17, 15) is 10.1 Å². The molecule has 0 fully saturated rings. The molecule has 4 nitrogen and oxygen atoms in total. The van der Waals surface area contributed by atoms with Crippen molar-refractivity contribution in [1.29, 1.82) is 5.26 Å². The number of methoxy groups -OCH3 is 2. The molecule has 5 heteroatoms. The Morgan fingerprint density at radius 3 is 2.31 bits per heavy atom. The maximum absolute atomic E-state index is 13.3. The first-order valence-electron chi connectivity index (χ1n) is 9.11. The fourth-order valence-corrected chi connectivity index (χ4v) is 4.75. The van der Waals surface area contributed by atoms with Crippen molar-refractivity contribution in [1.82, 2.24) is 0 Å². The normalized spacial score (nSPS) is 13.3. The minimum absolute atomic E-state index is 0.0260. The molecule has 29 heavy (non-hydrogen) atoms. The zero-order valence-electron chi connectivity index (χ0n) is 16.4. The minimum Gasteiger partial charge on any atom is -0.493 e. The smallest absolute Gasteiger partial charge is 0.195 e. The van der Waals surface area contributed by atoms with E-state index in [0.717, 1.165) is 26.6 Å². The molecule has 0 aliphatic carbocycles. The Bertz CT molecular complexity index is 1350. The summed E-state index contributed by atoms with van der Waals surface area (Å²) in [6.45, 7) is 0. The molecule has 0 saturated carbocycles. The molecule has 0 amide bonds. The van der Waals surface area contributed by atoms with E-state index >= 15 is 0 Å². The van der Waals surface area contributed by atoms with Gasteiger partial charge in [0.15, 0.2) is 16.9 Å². The van der Waals surface area contributed by atoms with E-state index in [-0.39, 0.29) is 5.43 Å². The van der Waals surface area contributed by atoms with Crippen molar-refractivity contribution in [3.05, 3.63) is 75.6 Å². The van der Waals surface area contributed by atoms with E-state index < -0.39 is 5.92 Å². The predicted octanol–water partition coefficient (Wildman–Crippen LogP) is 4.31. The summed E-state index contributed by atoms with van der Waals surface area (Å²) in [6.07, 6.45) is 1.91. The molecule has 4 aromatic carbocycles. The van der Waals surface area contributed by atoms with Crippen LogP contribution in [0.4, 0.5) is 0 Å². The van der Waals surface area contributed by atoms with Crippen LogP contribution in [-0.2, 0) is 0 Å². The van der Waals surface area contributed by atoms with E-state index in [2.05, 4.69) is 6.07 Å². The molecule has 0 bridgehead atoms. The summed E-state index contributed by atoms with van der Waals surface area (Å²) in [7, 11) is 3.14. The van der Waals surface area contributed by atoms with E-state index in [1.54, 1.807) is 26.4 Å². The molecule has 144 valence electrons. The number of hydrogen-bond donors (Lipinski definition) is 0. The first-order chi connectivity index (χ1) is 14.1. The monoisotopic (exact) mass is 401 g/mol. The topological polar surface area (TPSA) is 59.3 Å². The molecule has 0 heterocycles. The quantitative estimate of drug-likeness (QED) is 0.499. The zero-order chi connectivity index (χ0) is 20.5. The molecule has 4 aromatic rings. The molecular formula is C24H19NO3S. The lowest BCUT2D eigenvalue weighted by Crippen LogP contribution is -2.24. The fourth-order valence-electron chi connectivity index (χ4n) is 3.92. The van der Waals surface area contributed by atoms with Crippen molar-refractivity contribution >= 4 is 38.2 Å². The second-order valence-corrected chi connectivity index (χ2v) is 7.51. The van der Waals surface area contributed by atoms with Gasteiger partial charge in [0.05, 0.1) is 20.3 Å². The summed E-state index contributed by atoms with van der Waals surface area (Å²) >= 11 is 1.44. The van der Waals surface area contributed by atoms with Crippen LogP contribution >= 0.6 is 11.8 Å². The third-order valence-electron chi connectivity index (χ3n) is 5.24. The second kappa shape index (κ2) is 7.65. The number of nitriles is 1. The van der Waals surface area contributed by atoms with Gasteiger partial charge in [0.1, 0.15) is 5.92 Å². The highest BCUT2D eigenvalue weighted by Gasteiger charge is 2.22. The summed E-state index contributed by atoms with van der Waals surface area (Å²) < 4.78 is 10.7. The highest BCUT2D eigenvalue weighted by Crippen LogP contribution is 2.37. The van der Waals surface area contributed by atoms with Crippen LogP contribution in [0.15, 0.2) is 59.4 Å². The van der Waals surface area contributed by atoms with Crippen molar-refractivity contribution < 1.29 is 9.47 Å². The van der Waals surface area contributed by atoms with Gasteiger partial charge in [0, 0.05) is 20.9 Å². The van der Waals surface area contributed by atoms with Gasteiger partial charge in [0.25, 0.3) is 0 Å². The van der Waals surface area contributed by atoms with Crippen LogP contribution in [0.25, 0.3) is 26.5 Å². The maximum atomic E-state index is 13.3. The van der Waals surface area contributed by atoms with E-state index in [1.807, 2.05) is 48.7 Å².